The first-order valence-electron chi connectivity index (χ1n) is 10.7. The molecule has 5 nitrogen and oxygen atoms in total. The fraction of sp³-hybridized carbons (Fsp3) is 0.360. The number of likely N-dealkylation sites (N-methyl/N-ethyl adjacent to an activating group) is 1. The first-order valence-corrected chi connectivity index (χ1v) is 11.5. The Labute approximate surface area is 187 Å². The van der Waals surface area contributed by atoms with E-state index in [9.17, 15) is 9.59 Å². The molecule has 31 heavy (non-hydrogen) atoms. The zero-order valence-corrected chi connectivity index (χ0v) is 19.0. The number of fused-ring (bicyclic) bond motifs is 1. The average molecular weight is 437 g/mol. The predicted octanol–water partition coefficient (Wildman–Crippen LogP) is 5.11. The molecule has 2 aliphatic rings. The third-order valence-corrected chi connectivity index (χ3v) is 7.25. The summed E-state index contributed by atoms with van der Waals surface area (Å²) in [7, 11) is 3.37. The number of thioether (sulfide) groups is 1. The van der Waals surface area contributed by atoms with Crippen molar-refractivity contribution in [2.24, 2.45) is 5.92 Å². The molecule has 2 atom stereocenters. The highest BCUT2D eigenvalue weighted by Crippen LogP contribution is 2.42. The maximum Gasteiger partial charge on any atom is 0.264 e. The number of methoxy groups -OCH3 is 1. The van der Waals surface area contributed by atoms with Crippen LogP contribution in [0.2, 0.25) is 0 Å². The molecular formula is C25H28N2O3S. The number of benzene rings is 2. The maximum absolute atomic E-state index is 13.0. The van der Waals surface area contributed by atoms with Crippen LogP contribution in [0.1, 0.15) is 48.5 Å². The molecule has 0 aromatic heterocycles. The monoisotopic (exact) mass is 436 g/mol. The number of hydrogen-bond donors (Lipinski definition) is 1. The fourth-order valence-corrected chi connectivity index (χ4v) is 5.33. The Bertz CT molecular complexity index is 1030. The average Bonchev–Trinajstić information content (AvgIpc) is 2.79. The number of para-hydroxylation sites is 1. The summed E-state index contributed by atoms with van der Waals surface area (Å²) in [5, 5.41) is 3.20. The topological polar surface area (TPSA) is 58.6 Å². The van der Waals surface area contributed by atoms with Crippen LogP contribution in [0, 0.1) is 5.92 Å². The van der Waals surface area contributed by atoms with E-state index in [0.717, 1.165) is 41.2 Å². The lowest BCUT2D eigenvalue weighted by atomic mass is 9.86. The SMILES string of the molecule is COc1ccccc1/C=C1/Sc2ccc(C(=O)N[C@H]3CCCC[C@H]3C)cc2N(C)C1=O. The molecule has 0 unspecified atom stereocenters. The quantitative estimate of drug-likeness (QED) is 0.677. The van der Waals surface area contributed by atoms with E-state index in [4.69, 9.17) is 4.74 Å². The van der Waals surface area contributed by atoms with Crippen LogP contribution in [-0.2, 0) is 4.79 Å². The largest absolute Gasteiger partial charge is 0.496 e. The van der Waals surface area contributed by atoms with Gasteiger partial charge in [-0.05, 0) is 49.1 Å². The summed E-state index contributed by atoms with van der Waals surface area (Å²) in [4.78, 5) is 29.1. The summed E-state index contributed by atoms with van der Waals surface area (Å²) in [6.07, 6.45) is 6.44. The van der Waals surface area contributed by atoms with Crippen molar-refractivity contribution in [2.75, 3.05) is 19.1 Å². The van der Waals surface area contributed by atoms with Gasteiger partial charge in [0.1, 0.15) is 5.75 Å². The number of ether oxygens (including phenoxy) is 1. The van der Waals surface area contributed by atoms with Gasteiger partial charge in [-0.3, -0.25) is 9.59 Å². The van der Waals surface area contributed by atoms with Crippen LogP contribution in [0.15, 0.2) is 52.3 Å². The van der Waals surface area contributed by atoms with E-state index in [1.165, 1.54) is 18.2 Å². The second-order valence-electron chi connectivity index (χ2n) is 8.24. The summed E-state index contributed by atoms with van der Waals surface area (Å²) in [5.41, 5.74) is 2.21. The molecule has 162 valence electrons. The number of anilines is 1. The highest BCUT2D eigenvalue weighted by Gasteiger charge is 2.28. The van der Waals surface area contributed by atoms with Gasteiger partial charge in [0, 0.05) is 29.1 Å². The van der Waals surface area contributed by atoms with Crippen LogP contribution >= 0.6 is 11.8 Å². The third-order valence-electron chi connectivity index (χ3n) is 6.17. The summed E-state index contributed by atoms with van der Waals surface area (Å²) >= 11 is 1.42. The van der Waals surface area contributed by atoms with Gasteiger partial charge in [-0.25, -0.2) is 0 Å². The van der Waals surface area contributed by atoms with Crippen molar-refractivity contribution >= 4 is 35.3 Å². The minimum absolute atomic E-state index is 0.0669. The van der Waals surface area contributed by atoms with Crippen LogP contribution in [-0.4, -0.2) is 32.0 Å². The Morgan fingerprint density at radius 2 is 1.97 bits per heavy atom. The maximum atomic E-state index is 13.0. The number of hydrogen-bond acceptors (Lipinski definition) is 4. The zero-order valence-electron chi connectivity index (χ0n) is 18.2. The number of carbonyl (C=O) groups excluding carboxylic acids is 2. The lowest BCUT2D eigenvalue weighted by Crippen LogP contribution is -2.41. The number of nitrogens with zero attached hydrogens (tertiary/aromatic N) is 1. The van der Waals surface area contributed by atoms with Gasteiger partial charge < -0.3 is 15.0 Å². The molecule has 0 radical (unpaired) electrons. The number of nitrogens with one attached hydrogen (secondary N) is 1. The highest BCUT2D eigenvalue weighted by atomic mass is 32.2. The van der Waals surface area contributed by atoms with Crippen LogP contribution in [0.25, 0.3) is 6.08 Å². The minimum atomic E-state index is -0.0955. The highest BCUT2D eigenvalue weighted by molar-refractivity contribution is 8.04. The fourth-order valence-electron chi connectivity index (χ4n) is 4.24. The molecule has 1 heterocycles. The Balaban J connectivity index is 1.57. The predicted molar refractivity (Wildman–Crippen MR) is 126 cm³/mol. The van der Waals surface area contributed by atoms with Crippen molar-refractivity contribution in [3.63, 3.8) is 0 Å². The van der Waals surface area contributed by atoms with Gasteiger partial charge in [-0.1, -0.05) is 49.7 Å². The van der Waals surface area contributed by atoms with Crippen molar-refractivity contribution in [1.82, 2.24) is 5.32 Å². The molecule has 1 aliphatic heterocycles. The smallest absolute Gasteiger partial charge is 0.264 e. The van der Waals surface area contributed by atoms with Gasteiger partial charge in [0.2, 0.25) is 0 Å². The first kappa shape index (κ1) is 21.5. The van der Waals surface area contributed by atoms with Crippen LogP contribution in [0.5, 0.6) is 5.75 Å². The van der Waals surface area contributed by atoms with Gasteiger partial charge in [-0.2, -0.15) is 0 Å². The van der Waals surface area contributed by atoms with Crippen LogP contribution in [0.3, 0.4) is 0 Å². The Morgan fingerprint density at radius 1 is 1.19 bits per heavy atom. The van der Waals surface area contributed by atoms with Gasteiger partial charge in [0.25, 0.3) is 11.8 Å². The van der Waals surface area contributed by atoms with Gasteiger partial charge in [-0.15, -0.1) is 0 Å². The first-order chi connectivity index (χ1) is 15.0. The third kappa shape index (κ3) is 4.49. The normalized spacial score (nSPS) is 22.2. The molecule has 6 heteroatoms. The van der Waals surface area contributed by atoms with Gasteiger partial charge in [0.05, 0.1) is 17.7 Å². The second kappa shape index (κ2) is 9.18. The van der Waals surface area contributed by atoms with E-state index < -0.39 is 0 Å². The molecule has 1 aliphatic carbocycles. The molecule has 2 aromatic carbocycles. The second-order valence-corrected chi connectivity index (χ2v) is 9.32. The van der Waals surface area contributed by atoms with Gasteiger partial charge in [0.15, 0.2) is 0 Å². The van der Waals surface area contributed by atoms with Crippen molar-refractivity contribution < 1.29 is 14.3 Å². The van der Waals surface area contributed by atoms with E-state index in [1.807, 2.05) is 48.5 Å². The Hall–Kier alpha value is -2.73. The molecule has 0 bridgehead atoms. The number of carbonyl (C=O) groups is 2. The molecule has 4 rings (SSSR count). The molecule has 1 fully saturated rings. The molecule has 2 amide bonds. The molecule has 0 saturated heterocycles. The Morgan fingerprint density at radius 3 is 2.74 bits per heavy atom. The summed E-state index contributed by atoms with van der Waals surface area (Å²) in [5.74, 6) is 1.06. The van der Waals surface area contributed by atoms with Crippen LogP contribution in [0.4, 0.5) is 5.69 Å². The van der Waals surface area contributed by atoms with Crippen LogP contribution < -0.4 is 15.0 Å². The van der Waals surface area contributed by atoms with E-state index in [0.29, 0.717) is 16.4 Å². The van der Waals surface area contributed by atoms with Crippen molar-refractivity contribution in [2.45, 2.75) is 43.5 Å². The van der Waals surface area contributed by atoms with Crippen molar-refractivity contribution in [1.29, 1.82) is 0 Å². The van der Waals surface area contributed by atoms with E-state index >= 15 is 0 Å². The zero-order chi connectivity index (χ0) is 22.0. The molecule has 0 spiro atoms. The Kier molecular flexibility index (Phi) is 6.37. The van der Waals surface area contributed by atoms with Gasteiger partial charge >= 0.3 is 0 Å². The molecular weight excluding hydrogens is 408 g/mol. The summed E-state index contributed by atoms with van der Waals surface area (Å²) < 4.78 is 5.41. The van der Waals surface area contributed by atoms with Crippen molar-refractivity contribution in [3.8, 4) is 5.75 Å². The van der Waals surface area contributed by atoms with Crippen molar-refractivity contribution in [3.05, 3.63) is 58.5 Å². The molecule has 2 aromatic rings. The number of amides is 2. The van der Waals surface area contributed by atoms with E-state index in [1.54, 1.807) is 19.1 Å². The van der Waals surface area contributed by atoms with E-state index in [2.05, 4.69) is 12.2 Å². The minimum Gasteiger partial charge on any atom is -0.496 e. The van der Waals surface area contributed by atoms with E-state index in [-0.39, 0.29) is 17.9 Å². The summed E-state index contributed by atoms with van der Waals surface area (Å²) in [6.45, 7) is 2.20. The lowest BCUT2D eigenvalue weighted by Gasteiger charge is -2.30. The number of rotatable bonds is 4. The standard InChI is InChI=1S/C25H28N2O3S/c1-16-8-4-6-10-19(16)26-24(28)18-12-13-22-20(14-18)27(2)25(29)23(31-22)15-17-9-5-7-11-21(17)30-3/h5,7,9,11-16,19H,4,6,8,10H2,1-3H3,(H,26,28)/b23-15+/t16-,19+/m1/s1. The molecule has 1 N–H and O–H groups in total. The lowest BCUT2D eigenvalue weighted by molar-refractivity contribution is -0.114. The molecule has 1 saturated carbocycles. The summed E-state index contributed by atoms with van der Waals surface area (Å²) in [6, 6.07) is 13.4.